The van der Waals surface area contributed by atoms with Gasteiger partial charge in [-0.2, -0.15) is 4.91 Å². The Morgan fingerprint density at radius 2 is 2.29 bits per heavy atom. The van der Waals surface area contributed by atoms with Gasteiger partial charge in [-0.25, -0.2) is 0 Å². The van der Waals surface area contributed by atoms with Gasteiger partial charge in [0.2, 0.25) is 0 Å². The Kier molecular flexibility index (Phi) is 3.30. The van der Waals surface area contributed by atoms with Crippen molar-refractivity contribution in [2.45, 2.75) is 19.3 Å². The standard InChI is InChI=1S/C11H17NO2/c13-12-4-1-5-14-8-11-7-9-2-3-10(11)6-9/h2-3,9-11H,1,4-8H2. The smallest absolute Gasteiger partial charge is 0.0833 e. The molecule has 0 aromatic heterocycles. The number of hydrogen-bond acceptors (Lipinski definition) is 3. The van der Waals surface area contributed by atoms with E-state index in [9.17, 15) is 4.91 Å². The normalized spacial score (nSPS) is 33.9. The summed E-state index contributed by atoms with van der Waals surface area (Å²) < 4.78 is 5.54. The van der Waals surface area contributed by atoms with Crippen LogP contribution < -0.4 is 0 Å². The van der Waals surface area contributed by atoms with E-state index < -0.39 is 0 Å². The molecule has 3 unspecified atom stereocenters. The van der Waals surface area contributed by atoms with Gasteiger partial charge in [-0.15, -0.1) is 0 Å². The molecule has 1 saturated carbocycles. The van der Waals surface area contributed by atoms with E-state index in [1.807, 2.05) is 0 Å². The van der Waals surface area contributed by atoms with Gasteiger partial charge in [-0.3, -0.25) is 0 Å². The van der Waals surface area contributed by atoms with Crippen LogP contribution in [-0.4, -0.2) is 19.8 Å². The molecule has 0 aromatic rings. The van der Waals surface area contributed by atoms with Crippen LogP contribution in [0.5, 0.6) is 0 Å². The van der Waals surface area contributed by atoms with E-state index in [2.05, 4.69) is 17.3 Å². The second-order valence-electron chi connectivity index (χ2n) is 4.32. The van der Waals surface area contributed by atoms with E-state index in [0.29, 0.717) is 13.2 Å². The summed E-state index contributed by atoms with van der Waals surface area (Å²) in [5.41, 5.74) is 0. The van der Waals surface area contributed by atoms with Gasteiger partial charge in [0.25, 0.3) is 0 Å². The summed E-state index contributed by atoms with van der Waals surface area (Å²) in [6.07, 6.45) is 8.09. The van der Waals surface area contributed by atoms with E-state index >= 15 is 0 Å². The summed E-state index contributed by atoms with van der Waals surface area (Å²) in [6.45, 7) is 1.93. The maximum absolute atomic E-state index is 9.81. The van der Waals surface area contributed by atoms with Crippen LogP contribution in [0.4, 0.5) is 0 Å². The number of nitroso groups, excluding NO2 is 1. The summed E-state index contributed by atoms with van der Waals surface area (Å²) >= 11 is 0. The molecule has 0 spiro atoms. The van der Waals surface area contributed by atoms with Gasteiger partial charge in [0.15, 0.2) is 0 Å². The van der Waals surface area contributed by atoms with Gasteiger partial charge in [-0.1, -0.05) is 17.3 Å². The molecule has 2 aliphatic carbocycles. The Morgan fingerprint density at radius 1 is 1.36 bits per heavy atom. The fourth-order valence-electron chi connectivity index (χ4n) is 2.55. The predicted molar refractivity (Wildman–Crippen MR) is 54.9 cm³/mol. The minimum Gasteiger partial charge on any atom is -0.381 e. The van der Waals surface area contributed by atoms with Gasteiger partial charge in [0.1, 0.15) is 0 Å². The molecule has 14 heavy (non-hydrogen) atoms. The van der Waals surface area contributed by atoms with Crippen LogP contribution in [0.1, 0.15) is 19.3 Å². The number of allylic oxidation sites excluding steroid dienone is 2. The Bertz CT molecular complexity index is 227. The van der Waals surface area contributed by atoms with Crippen molar-refractivity contribution in [3.8, 4) is 0 Å². The number of nitrogens with zero attached hydrogens (tertiary/aromatic N) is 1. The zero-order chi connectivity index (χ0) is 9.80. The molecule has 0 aliphatic heterocycles. The van der Waals surface area contributed by atoms with Crippen molar-refractivity contribution in [3.05, 3.63) is 17.1 Å². The van der Waals surface area contributed by atoms with Crippen LogP contribution >= 0.6 is 0 Å². The zero-order valence-electron chi connectivity index (χ0n) is 8.39. The summed E-state index contributed by atoms with van der Waals surface area (Å²) in [7, 11) is 0. The zero-order valence-corrected chi connectivity index (χ0v) is 8.39. The Balaban J connectivity index is 1.58. The molecule has 78 valence electrons. The highest BCUT2D eigenvalue weighted by atomic mass is 16.5. The molecular weight excluding hydrogens is 178 g/mol. The highest BCUT2D eigenvalue weighted by Crippen LogP contribution is 2.43. The molecule has 0 radical (unpaired) electrons. The Morgan fingerprint density at radius 3 is 2.93 bits per heavy atom. The lowest BCUT2D eigenvalue weighted by molar-refractivity contribution is 0.0901. The first-order valence-corrected chi connectivity index (χ1v) is 5.45. The summed E-state index contributed by atoms with van der Waals surface area (Å²) in [5.74, 6) is 2.32. The summed E-state index contributed by atoms with van der Waals surface area (Å²) in [6, 6.07) is 0. The summed E-state index contributed by atoms with van der Waals surface area (Å²) in [5, 5.41) is 2.80. The first-order chi connectivity index (χ1) is 6.90. The van der Waals surface area contributed by atoms with Crippen LogP contribution in [0, 0.1) is 22.7 Å². The number of fused-ring (bicyclic) bond motifs is 2. The lowest BCUT2D eigenvalue weighted by Gasteiger charge is -2.17. The fraction of sp³-hybridized carbons (Fsp3) is 0.818. The molecule has 0 saturated heterocycles. The van der Waals surface area contributed by atoms with Crippen LogP contribution in [0.25, 0.3) is 0 Å². The second-order valence-corrected chi connectivity index (χ2v) is 4.32. The quantitative estimate of drug-likeness (QED) is 0.371. The van der Waals surface area contributed by atoms with E-state index in [1.165, 1.54) is 12.8 Å². The average Bonchev–Trinajstić information content (AvgIpc) is 2.79. The van der Waals surface area contributed by atoms with Crippen LogP contribution in [0.2, 0.25) is 0 Å². The molecule has 0 N–H and O–H groups in total. The van der Waals surface area contributed by atoms with E-state index in [1.54, 1.807) is 0 Å². The minimum absolute atomic E-state index is 0.386. The van der Waals surface area contributed by atoms with E-state index in [0.717, 1.165) is 30.8 Å². The second kappa shape index (κ2) is 4.69. The SMILES string of the molecule is O=NCCCOCC1CC2C=CC1C2. The molecule has 0 aromatic carbocycles. The maximum Gasteiger partial charge on any atom is 0.0833 e. The van der Waals surface area contributed by atoms with Crippen LogP contribution in [0.15, 0.2) is 17.3 Å². The predicted octanol–water partition coefficient (Wildman–Crippen LogP) is 2.37. The van der Waals surface area contributed by atoms with Crippen LogP contribution in [0.3, 0.4) is 0 Å². The molecule has 1 fully saturated rings. The van der Waals surface area contributed by atoms with Crippen molar-refractivity contribution >= 4 is 0 Å². The number of hydrogen-bond donors (Lipinski definition) is 0. The average molecular weight is 195 g/mol. The van der Waals surface area contributed by atoms with Crippen molar-refractivity contribution in [2.75, 3.05) is 19.8 Å². The topological polar surface area (TPSA) is 38.7 Å². The van der Waals surface area contributed by atoms with E-state index in [-0.39, 0.29) is 0 Å². The molecule has 0 amide bonds. The van der Waals surface area contributed by atoms with Crippen molar-refractivity contribution in [1.82, 2.24) is 0 Å². The van der Waals surface area contributed by atoms with Gasteiger partial charge >= 0.3 is 0 Å². The first kappa shape index (κ1) is 9.84. The largest absolute Gasteiger partial charge is 0.381 e. The van der Waals surface area contributed by atoms with Crippen molar-refractivity contribution in [3.63, 3.8) is 0 Å². The Labute approximate surface area is 84.5 Å². The fourth-order valence-corrected chi connectivity index (χ4v) is 2.55. The molecule has 2 rings (SSSR count). The molecule has 2 aliphatic rings. The molecule has 2 bridgehead atoms. The number of ether oxygens (including phenoxy) is 1. The highest BCUT2D eigenvalue weighted by molar-refractivity contribution is 5.09. The Hall–Kier alpha value is -0.700. The minimum atomic E-state index is 0.386. The maximum atomic E-state index is 9.81. The third-order valence-corrected chi connectivity index (χ3v) is 3.29. The lowest BCUT2D eigenvalue weighted by atomic mass is 9.95. The third-order valence-electron chi connectivity index (χ3n) is 3.29. The third kappa shape index (κ3) is 2.21. The van der Waals surface area contributed by atoms with Gasteiger partial charge < -0.3 is 4.74 Å². The molecule has 3 nitrogen and oxygen atoms in total. The number of rotatable bonds is 6. The molecule has 3 heteroatoms. The lowest BCUT2D eigenvalue weighted by Crippen LogP contribution is -2.15. The summed E-state index contributed by atoms with van der Waals surface area (Å²) in [4.78, 5) is 9.81. The van der Waals surface area contributed by atoms with Crippen molar-refractivity contribution < 1.29 is 4.74 Å². The van der Waals surface area contributed by atoms with Crippen LogP contribution in [-0.2, 0) is 4.74 Å². The van der Waals surface area contributed by atoms with Crippen molar-refractivity contribution in [2.24, 2.45) is 22.9 Å². The van der Waals surface area contributed by atoms with Gasteiger partial charge in [0.05, 0.1) is 6.54 Å². The first-order valence-electron chi connectivity index (χ1n) is 5.45. The molecule has 0 heterocycles. The van der Waals surface area contributed by atoms with Gasteiger partial charge in [-0.05, 0) is 37.0 Å². The van der Waals surface area contributed by atoms with E-state index in [4.69, 9.17) is 4.74 Å². The van der Waals surface area contributed by atoms with Crippen molar-refractivity contribution in [1.29, 1.82) is 0 Å². The highest BCUT2D eigenvalue weighted by Gasteiger charge is 2.35. The monoisotopic (exact) mass is 195 g/mol. The van der Waals surface area contributed by atoms with Gasteiger partial charge in [0, 0.05) is 13.2 Å². The molecule has 3 atom stereocenters. The molecular formula is C11H17NO2.